The topological polar surface area (TPSA) is 91.6 Å². The summed E-state index contributed by atoms with van der Waals surface area (Å²) in [5, 5.41) is 15.6. The first-order chi connectivity index (χ1) is 13.9. The van der Waals surface area contributed by atoms with Crippen molar-refractivity contribution in [2.45, 2.75) is 32.9 Å². The molecule has 0 fully saturated rings. The Hall–Kier alpha value is -3.54. The Morgan fingerprint density at radius 3 is 2.48 bits per heavy atom. The fraction of sp³-hybridized carbons (Fsp3) is 0.217. The lowest BCUT2D eigenvalue weighted by molar-refractivity contribution is 0.0942. The van der Waals surface area contributed by atoms with E-state index in [0.29, 0.717) is 17.9 Å². The summed E-state index contributed by atoms with van der Waals surface area (Å²) in [6, 6.07) is 15.6. The van der Waals surface area contributed by atoms with Crippen molar-refractivity contribution >= 4 is 11.8 Å². The molecule has 0 atom stereocenters. The SMILES string of the molecule is CC(C)c1ccc(O)c(C(=O)NCc2cccc(C(=O)NCc3ccco3)c2)c1. The third-order valence-corrected chi connectivity index (χ3v) is 4.58. The smallest absolute Gasteiger partial charge is 0.255 e. The number of furan rings is 1. The fourth-order valence-electron chi connectivity index (χ4n) is 2.88. The average Bonchev–Trinajstić information content (AvgIpc) is 3.24. The summed E-state index contributed by atoms with van der Waals surface area (Å²) in [7, 11) is 0. The maximum absolute atomic E-state index is 12.5. The van der Waals surface area contributed by atoms with Gasteiger partial charge in [-0.05, 0) is 53.4 Å². The second-order valence-electron chi connectivity index (χ2n) is 7.08. The molecule has 2 amide bonds. The van der Waals surface area contributed by atoms with Gasteiger partial charge in [-0.25, -0.2) is 0 Å². The van der Waals surface area contributed by atoms with Gasteiger partial charge in [0, 0.05) is 12.1 Å². The molecule has 1 heterocycles. The minimum atomic E-state index is -0.363. The van der Waals surface area contributed by atoms with Crippen LogP contribution in [-0.2, 0) is 13.1 Å². The molecule has 1 aromatic heterocycles. The van der Waals surface area contributed by atoms with Crippen molar-refractivity contribution in [3.8, 4) is 5.75 Å². The molecule has 0 aliphatic rings. The van der Waals surface area contributed by atoms with Crippen LogP contribution in [0.25, 0.3) is 0 Å². The molecular weight excluding hydrogens is 368 g/mol. The minimum absolute atomic E-state index is 0.0574. The van der Waals surface area contributed by atoms with Crippen LogP contribution in [0.5, 0.6) is 5.75 Å². The fourth-order valence-corrected chi connectivity index (χ4v) is 2.88. The average molecular weight is 392 g/mol. The highest BCUT2D eigenvalue weighted by molar-refractivity contribution is 5.97. The molecular formula is C23H24N2O4. The van der Waals surface area contributed by atoms with Crippen molar-refractivity contribution < 1.29 is 19.1 Å². The molecule has 0 aliphatic heterocycles. The van der Waals surface area contributed by atoms with Crippen LogP contribution in [0.3, 0.4) is 0 Å². The highest BCUT2D eigenvalue weighted by Crippen LogP contribution is 2.23. The van der Waals surface area contributed by atoms with Crippen LogP contribution in [0.1, 0.15) is 57.4 Å². The number of hydrogen-bond acceptors (Lipinski definition) is 4. The summed E-state index contributed by atoms with van der Waals surface area (Å²) in [6.45, 7) is 4.59. The van der Waals surface area contributed by atoms with E-state index in [1.165, 1.54) is 6.07 Å². The molecule has 3 N–H and O–H groups in total. The first-order valence-corrected chi connectivity index (χ1v) is 9.44. The lowest BCUT2D eigenvalue weighted by Gasteiger charge is -2.11. The van der Waals surface area contributed by atoms with E-state index in [9.17, 15) is 14.7 Å². The molecule has 2 aromatic carbocycles. The van der Waals surface area contributed by atoms with Gasteiger partial charge in [-0.15, -0.1) is 0 Å². The van der Waals surface area contributed by atoms with Crippen LogP contribution >= 0.6 is 0 Å². The first-order valence-electron chi connectivity index (χ1n) is 9.44. The second kappa shape index (κ2) is 9.10. The Balaban J connectivity index is 1.62. The Morgan fingerprint density at radius 2 is 1.76 bits per heavy atom. The molecule has 3 aromatic rings. The molecule has 3 rings (SSSR count). The number of rotatable bonds is 7. The molecule has 0 unspecified atom stereocenters. The van der Waals surface area contributed by atoms with Gasteiger partial charge >= 0.3 is 0 Å². The zero-order valence-electron chi connectivity index (χ0n) is 16.4. The van der Waals surface area contributed by atoms with E-state index >= 15 is 0 Å². The molecule has 0 saturated carbocycles. The zero-order chi connectivity index (χ0) is 20.8. The second-order valence-corrected chi connectivity index (χ2v) is 7.08. The third kappa shape index (κ3) is 5.25. The van der Waals surface area contributed by atoms with Gasteiger partial charge in [-0.1, -0.05) is 32.0 Å². The lowest BCUT2D eigenvalue weighted by Crippen LogP contribution is -2.24. The Bertz CT molecular complexity index is 994. The van der Waals surface area contributed by atoms with Crippen LogP contribution in [0, 0.1) is 0 Å². The predicted octanol–water partition coefficient (Wildman–Crippen LogP) is 3.97. The van der Waals surface area contributed by atoms with Gasteiger partial charge in [0.15, 0.2) is 0 Å². The number of hydrogen-bond donors (Lipinski definition) is 3. The van der Waals surface area contributed by atoms with Crippen molar-refractivity contribution in [3.05, 3.63) is 88.9 Å². The predicted molar refractivity (Wildman–Crippen MR) is 110 cm³/mol. The Kier molecular flexibility index (Phi) is 6.34. The van der Waals surface area contributed by atoms with Gasteiger partial charge in [0.25, 0.3) is 11.8 Å². The number of amides is 2. The first kappa shape index (κ1) is 20.2. The van der Waals surface area contributed by atoms with E-state index in [-0.39, 0.29) is 35.6 Å². The summed E-state index contributed by atoms with van der Waals surface area (Å²) in [5.74, 6) is 0.274. The quantitative estimate of drug-likeness (QED) is 0.567. The Morgan fingerprint density at radius 1 is 0.966 bits per heavy atom. The van der Waals surface area contributed by atoms with Crippen LogP contribution in [-0.4, -0.2) is 16.9 Å². The van der Waals surface area contributed by atoms with Crippen LogP contribution in [0.15, 0.2) is 65.3 Å². The summed E-state index contributed by atoms with van der Waals surface area (Å²) in [5.41, 5.74) is 2.49. The standard InChI is InChI=1S/C23H24N2O4/c1-15(2)17-8-9-21(26)20(12-17)23(28)24-13-16-5-3-6-18(11-16)22(27)25-14-19-7-4-10-29-19/h3-12,15,26H,13-14H2,1-2H3,(H,24,28)(H,25,27). The number of phenolic OH excluding ortho intramolecular Hbond substituents is 1. The summed E-state index contributed by atoms with van der Waals surface area (Å²) in [4.78, 5) is 24.8. The third-order valence-electron chi connectivity index (χ3n) is 4.58. The molecule has 0 saturated heterocycles. The van der Waals surface area contributed by atoms with Crippen molar-refractivity contribution in [3.63, 3.8) is 0 Å². The number of phenols is 1. The van der Waals surface area contributed by atoms with E-state index in [1.54, 1.807) is 42.7 Å². The van der Waals surface area contributed by atoms with Crippen LogP contribution < -0.4 is 10.6 Å². The van der Waals surface area contributed by atoms with Crippen molar-refractivity contribution in [1.29, 1.82) is 0 Å². The summed E-state index contributed by atoms with van der Waals surface area (Å²) < 4.78 is 5.20. The van der Waals surface area contributed by atoms with Gasteiger partial charge in [-0.2, -0.15) is 0 Å². The van der Waals surface area contributed by atoms with Crippen molar-refractivity contribution in [1.82, 2.24) is 10.6 Å². The number of nitrogens with one attached hydrogen (secondary N) is 2. The maximum atomic E-state index is 12.5. The summed E-state index contributed by atoms with van der Waals surface area (Å²) >= 11 is 0. The molecule has 6 heteroatoms. The number of carbonyl (C=O) groups is 2. The van der Waals surface area contributed by atoms with Gasteiger partial charge in [0.05, 0.1) is 18.4 Å². The Labute approximate surface area is 169 Å². The molecule has 0 bridgehead atoms. The van der Waals surface area contributed by atoms with Crippen molar-refractivity contribution in [2.75, 3.05) is 0 Å². The molecule has 6 nitrogen and oxygen atoms in total. The highest BCUT2D eigenvalue weighted by Gasteiger charge is 2.13. The minimum Gasteiger partial charge on any atom is -0.507 e. The number of benzene rings is 2. The van der Waals surface area contributed by atoms with Gasteiger partial charge in [0.1, 0.15) is 11.5 Å². The van der Waals surface area contributed by atoms with E-state index in [1.807, 2.05) is 26.0 Å². The van der Waals surface area contributed by atoms with Crippen LogP contribution in [0.2, 0.25) is 0 Å². The molecule has 0 spiro atoms. The van der Waals surface area contributed by atoms with Crippen molar-refractivity contribution in [2.24, 2.45) is 0 Å². The van der Waals surface area contributed by atoms with E-state index < -0.39 is 0 Å². The number of aromatic hydroxyl groups is 1. The zero-order valence-corrected chi connectivity index (χ0v) is 16.4. The summed E-state index contributed by atoms with van der Waals surface area (Å²) in [6.07, 6.45) is 1.56. The number of carbonyl (C=O) groups excluding carboxylic acids is 2. The molecule has 0 aliphatic carbocycles. The van der Waals surface area contributed by atoms with Gasteiger partial charge in [0.2, 0.25) is 0 Å². The van der Waals surface area contributed by atoms with Crippen LogP contribution in [0.4, 0.5) is 0 Å². The van der Waals surface area contributed by atoms with E-state index in [2.05, 4.69) is 10.6 Å². The monoisotopic (exact) mass is 392 g/mol. The molecule has 150 valence electrons. The maximum Gasteiger partial charge on any atom is 0.255 e. The normalized spacial score (nSPS) is 10.7. The highest BCUT2D eigenvalue weighted by atomic mass is 16.3. The van der Waals surface area contributed by atoms with Gasteiger partial charge in [-0.3, -0.25) is 9.59 Å². The van der Waals surface area contributed by atoms with E-state index in [0.717, 1.165) is 11.1 Å². The lowest BCUT2D eigenvalue weighted by atomic mass is 10.00. The largest absolute Gasteiger partial charge is 0.507 e. The van der Waals surface area contributed by atoms with Gasteiger partial charge < -0.3 is 20.2 Å². The van der Waals surface area contributed by atoms with E-state index in [4.69, 9.17) is 4.42 Å². The molecule has 29 heavy (non-hydrogen) atoms. The molecule has 0 radical (unpaired) electrons.